The number of aldehydes is 1. The van der Waals surface area contributed by atoms with E-state index in [1.807, 2.05) is 59.7 Å². The lowest BCUT2D eigenvalue weighted by molar-refractivity contribution is -0.113. The van der Waals surface area contributed by atoms with Gasteiger partial charge in [0.15, 0.2) is 0 Å². The molecule has 2 aliphatic heterocycles. The number of carbonyl (C=O) groups excluding carboxylic acids is 3. The number of hydrogen-bond acceptors (Lipinski definition) is 6. The number of ether oxygens (including phenoxy) is 2. The summed E-state index contributed by atoms with van der Waals surface area (Å²) in [7, 11) is 0. The molecule has 176 valence electrons. The van der Waals surface area contributed by atoms with Crippen LogP contribution in [0.25, 0.3) is 0 Å². The highest BCUT2D eigenvalue weighted by molar-refractivity contribution is 5.76. The van der Waals surface area contributed by atoms with Gasteiger partial charge in [-0.3, -0.25) is 4.90 Å². The molecule has 0 radical (unpaired) electrons. The number of carbonyl (C=O) groups is 3. The Labute approximate surface area is 190 Å². The molecule has 0 N–H and O–H groups in total. The summed E-state index contributed by atoms with van der Waals surface area (Å²) in [5.74, 6) is 0. The van der Waals surface area contributed by atoms with Crippen molar-refractivity contribution in [2.24, 2.45) is 0 Å². The van der Waals surface area contributed by atoms with Gasteiger partial charge in [-0.05, 0) is 58.7 Å². The molecule has 32 heavy (non-hydrogen) atoms. The van der Waals surface area contributed by atoms with Crippen LogP contribution in [0, 0.1) is 0 Å². The monoisotopic (exact) mass is 445 g/mol. The van der Waals surface area contributed by atoms with E-state index in [0.717, 1.165) is 23.1 Å². The molecular weight excluding hydrogens is 410 g/mol. The fraction of sp³-hybridized carbons (Fsp3) is 0.625. The zero-order valence-electron chi connectivity index (χ0n) is 20.0. The number of nitrogens with zero attached hydrogens (tertiary/aromatic N) is 3. The summed E-state index contributed by atoms with van der Waals surface area (Å²) < 4.78 is 11.0. The van der Waals surface area contributed by atoms with Crippen molar-refractivity contribution in [1.29, 1.82) is 0 Å². The summed E-state index contributed by atoms with van der Waals surface area (Å²) in [6.07, 6.45) is 0.503. The van der Waals surface area contributed by atoms with Crippen LogP contribution >= 0.6 is 0 Å². The Bertz CT molecular complexity index is 863. The third-order valence-corrected chi connectivity index (χ3v) is 5.46. The van der Waals surface area contributed by atoms with Crippen LogP contribution in [0.15, 0.2) is 18.2 Å². The van der Waals surface area contributed by atoms with Crippen molar-refractivity contribution >= 4 is 24.2 Å². The van der Waals surface area contributed by atoms with Crippen LogP contribution in [-0.4, -0.2) is 71.7 Å². The van der Waals surface area contributed by atoms with Gasteiger partial charge in [0.25, 0.3) is 0 Å². The largest absolute Gasteiger partial charge is 0.444 e. The minimum Gasteiger partial charge on any atom is -0.444 e. The first-order chi connectivity index (χ1) is 14.9. The van der Waals surface area contributed by atoms with Crippen molar-refractivity contribution in [2.45, 2.75) is 71.8 Å². The second kappa shape index (κ2) is 9.00. The summed E-state index contributed by atoms with van der Waals surface area (Å²) >= 11 is 0. The van der Waals surface area contributed by atoms with Gasteiger partial charge in [0, 0.05) is 38.3 Å². The predicted molar refractivity (Wildman–Crippen MR) is 122 cm³/mol. The van der Waals surface area contributed by atoms with E-state index in [9.17, 15) is 14.4 Å². The summed E-state index contributed by atoms with van der Waals surface area (Å²) in [6.45, 7) is 13.9. The molecule has 0 aliphatic carbocycles. The summed E-state index contributed by atoms with van der Waals surface area (Å²) in [6, 6.07) is 5.45. The standard InChI is InChI=1S/C24H35N3O5/c1-23(2,3)31-21(29)26-12-10-25(11-13-26)20-9-7-8-17-15-27(18(16-28)14-19(17)20)22(30)32-24(4,5)6/h7-9,16,18H,10-15H2,1-6H3/t18-/m1/s1. The maximum absolute atomic E-state index is 12.7. The van der Waals surface area contributed by atoms with Gasteiger partial charge in [-0.25, -0.2) is 9.59 Å². The van der Waals surface area contributed by atoms with Crippen molar-refractivity contribution in [1.82, 2.24) is 9.80 Å². The highest BCUT2D eigenvalue weighted by Gasteiger charge is 2.35. The maximum atomic E-state index is 12.7. The highest BCUT2D eigenvalue weighted by Crippen LogP contribution is 2.32. The molecule has 1 fully saturated rings. The topological polar surface area (TPSA) is 79.4 Å². The molecule has 8 heteroatoms. The van der Waals surface area contributed by atoms with Crippen LogP contribution in [0.4, 0.5) is 15.3 Å². The van der Waals surface area contributed by atoms with Crippen LogP contribution in [-0.2, 0) is 27.2 Å². The molecule has 0 unspecified atom stereocenters. The first kappa shape index (κ1) is 23.9. The van der Waals surface area contributed by atoms with Crippen LogP contribution in [0.1, 0.15) is 52.7 Å². The van der Waals surface area contributed by atoms with Gasteiger partial charge in [-0.2, -0.15) is 0 Å². The molecule has 3 rings (SSSR count). The van der Waals surface area contributed by atoms with Crippen molar-refractivity contribution in [3.05, 3.63) is 29.3 Å². The van der Waals surface area contributed by atoms with E-state index in [1.165, 1.54) is 4.90 Å². The number of anilines is 1. The molecule has 1 aromatic carbocycles. The van der Waals surface area contributed by atoms with Crippen molar-refractivity contribution < 1.29 is 23.9 Å². The zero-order valence-corrected chi connectivity index (χ0v) is 20.0. The van der Waals surface area contributed by atoms with E-state index in [1.54, 1.807) is 4.90 Å². The third kappa shape index (κ3) is 5.72. The molecule has 0 saturated carbocycles. The van der Waals surface area contributed by atoms with Gasteiger partial charge in [0.1, 0.15) is 17.5 Å². The number of rotatable bonds is 2. The number of piperazine rings is 1. The number of hydrogen-bond donors (Lipinski definition) is 0. The number of amides is 2. The molecule has 0 spiro atoms. The van der Waals surface area contributed by atoms with E-state index >= 15 is 0 Å². The van der Waals surface area contributed by atoms with Crippen LogP contribution < -0.4 is 4.90 Å². The van der Waals surface area contributed by atoms with Crippen LogP contribution in [0.2, 0.25) is 0 Å². The van der Waals surface area contributed by atoms with Crippen LogP contribution in [0.5, 0.6) is 0 Å². The lowest BCUT2D eigenvalue weighted by Gasteiger charge is -2.40. The lowest BCUT2D eigenvalue weighted by atomic mass is 9.92. The molecule has 0 bridgehead atoms. The smallest absolute Gasteiger partial charge is 0.411 e. The van der Waals surface area contributed by atoms with Gasteiger partial charge in [-0.1, -0.05) is 12.1 Å². The van der Waals surface area contributed by atoms with E-state index in [0.29, 0.717) is 39.1 Å². The molecule has 2 aliphatic rings. The summed E-state index contributed by atoms with van der Waals surface area (Å²) in [4.78, 5) is 42.4. The second-order valence-electron chi connectivity index (χ2n) is 10.4. The zero-order chi connectivity index (χ0) is 23.7. The second-order valence-corrected chi connectivity index (χ2v) is 10.4. The fourth-order valence-electron chi connectivity index (χ4n) is 4.02. The van der Waals surface area contributed by atoms with Gasteiger partial charge < -0.3 is 24.1 Å². The number of benzene rings is 1. The van der Waals surface area contributed by atoms with E-state index < -0.39 is 23.3 Å². The first-order valence-corrected chi connectivity index (χ1v) is 11.2. The third-order valence-electron chi connectivity index (χ3n) is 5.46. The Balaban J connectivity index is 1.73. The lowest BCUT2D eigenvalue weighted by Crippen LogP contribution is -2.51. The maximum Gasteiger partial charge on any atom is 0.411 e. The highest BCUT2D eigenvalue weighted by atomic mass is 16.6. The fourth-order valence-corrected chi connectivity index (χ4v) is 4.02. The Morgan fingerprint density at radius 2 is 1.53 bits per heavy atom. The van der Waals surface area contributed by atoms with E-state index in [-0.39, 0.29) is 6.09 Å². The van der Waals surface area contributed by atoms with Crippen molar-refractivity contribution in [3.8, 4) is 0 Å². The molecule has 1 atom stereocenters. The predicted octanol–water partition coefficient (Wildman–Crippen LogP) is 3.60. The van der Waals surface area contributed by atoms with Crippen LogP contribution in [0.3, 0.4) is 0 Å². The molecule has 2 heterocycles. The van der Waals surface area contributed by atoms with Crippen molar-refractivity contribution in [2.75, 3.05) is 31.1 Å². The van der Waals surface area contributed by atoms with Gasteiger partial charge in [0.2, 0.25) is 0 Å². The molecule has 8 nitrogen and oxygen atoms in total. The Kier molecular flexibility index (Phi) is 6.72. The van der Waals surface area contributed by atoms with Gasteiger partial charge >= 0.3 is 12.2 Å². The molecule has 1 saturated heterocycles. The summed E-state index contributed by atoms with van der Waals surface area (Å²) in [5.41, 5.74) is 2.01. The summed E-state index contributed by atoms with van der Waals surface area (Å²) in [5, 5.41) is 0. The average molecular weight is 446 g/mol. The van der Waals surface area contributed by atoms with Gasteiger partial charge in [-0.15, -0.1) is 0 Å². The minimum absolute atomic E-state index is 0.290. The van der Waals surface area contributed by atoms with E-state index in [2.05, 4.69) is 4.90 Å². The molecule has 2 amide bonds. The SMILES string of the molecule is CC(C)(C)OC(=O)N1CCN(c2cccc3c2C[C@H](C=O)N(C(=O)OC(C)(C)C)C3)CC1. The Hall–Kier alpha value is -2.77. The quantitative estimate of drug-likeness (QED) is 0.647. The Morgan fingerprint density at radius 1 is 0.938 bits per heavy atom. The first-order valence-electron chi connectivity index (χ1n) is 11.2. The Morgan fingerprint density at radius 3 is 2.09 bits per heavy atom. The van der Waals surface area contributed by atoms with Gasteiger partial charge in [0.05, 0.1) is 12.6 Å². The number of fused-ring (bicyclic) bond motifs is 1. The molecule has 1 aromatic rings. The average Bonchev–Trinajstić information content (AvgIpc) is 2.70. The van der Waals surface area contributed by atoms with E-state index in [4.69, 9.17) is 9.47 Å². The molecular formula is C24H35N3O5. The van der Waals surface area contributed by atoms with Crippen molar-refractivity contribution in [3.63, 3.8) is 0 Å². The normalized spacial score (nSPS) is 19.3. The minimum atomic E-state index is -0.625. The molecule has 0 aromatic heterocycles.